The van der Waals surface area contributed by atoms with Crippen LogP contribution in [0.5, 0.6) is 0 Å². The highest BCUT2D eigenvalue weighted by Crippen LogP contribution is 2.25. The van der Waals surface area contributed by atoms with Gasteiger partial charge in [0.05, 0.1) is 11.6 Å². The van der Waals surface area contributed by atoms with E-state index >= 15 is 0 Å². The predicted octanol–water partition coefficient (Wildman–Crippen LogP) is 1.78. The minimum absolute atomic E-state index is 0.586. The molecule has 0 aromatic carbocycles. The number of aromatic nitrogens is 4. The molecule has 1 unspecified atom stereocenters. The number of aryl methyl sites for hydroxylation is 2. The Morgan fingerprint density at radius 1 is 1.32 bits per heavy atom. The average Bonchev–Trinajstić information content (AvgIpc) is 2.64. The molecule has 1 atom stereocenters. The standard InChI is InChI=1S/C13H16N4O2/c1-7-5-11(15-6-14-7)17-10(4)12(9(3)16-17)8(2)13(18)19/h5-6,8H,1-4H3,(H,18,19). The fourth-order valence-electron chi connectivity index (χ4n) is 2.18. The van der Waals surface area contributed by atoms with Crippen molar-refractivity contribution in [3.63, 3.8) is 0 Å². The molecular weight excluding hydrogens is 244 g/mol. The fraction of sp³-hybridized carbons (Fsp3) is 0.385. The Kier molecular flexibility index (Phi) is 3.33. The number of aliphatic carboxylic acids is 1. The van der Waals surface area contributed by atoms with E-state index in [9.17, 15) is 4.79 Å². The van der Waals surface area contributed by atoms with Gasteiger partial charge in [0.25, 0.3) is 0 Å². The van der Waals surface area contributed by atoms with E-state index in [1.54, 1.807) is 11.6 Å². The highest BCUT2D eigenvalue weighted by atomic mass is 16.4. The molecule has 19 heavy (non-hydrogen) atoms. The lowest BCUT2D eigenvalue weighted by molar-refractivity contribution is -0.138. The number of carboxylic acid groups (broad SMARTS) is 1. The molecule has 2 heterocycles. The molecule has 0 aliphatic rings. The minimum Gasteiger partial charge on any atom is -0.481 e. The number of carbonyl (C=O) groups is 1. The maximum Gasteiger partial charge on any atom is 0.310 e. The van der Waals surface area contributed by atoms with Crippen molar-refractivity contribution in [2.75, 3.05) is 0 Å². The zero-order chi connectivity index (χ0) is 14.2. The van der Waals surface area contributed by atoms with Gasteiger partial charge < -0.3 is 5.11 Å². The zero-order valence-electron chi connectivity index (χ0n) is 11.4. The SMILES string of the molecule is Cc1cc(-n2nc(C)c(C(C)C(=O)O)c2C)ncn1. The molecule has 0 bridgehead atoms. The molecule has 0 aliphatic carbocycles. The van der Waals surface area contributed by atoms with Crippen LogP contribution in [0.25, 0.3) is 5.82 Å². The first-order valence-corrected chi connectivity index (χ1v) is 5.99. The molecule has 6 heteroatoms. The Labute approximate surface area is 111 Å². The summed E-state index contributed by atoms with van der Waals surface area (Å²) in [5, 5.41) is 13.5. The maximum absolute atomic E-state index is 11.1. The van der Waals surface area contributed by atoms with Gasteiger partial charge in [-0.1, -0.05) is 0 Å². The Hall–Kier alpha value is -2.24. The summed E-state index contributed by atoms with van der Waals surface area (Å²) in [6, 6.07) is 1.81. The lowest BCUT2D eigenvalue weighted by Crippen LogP contribution is -2.10. The second-order valence-corrected chi connectivity index (χ2v) is 4.57. The van der Waals surface area contributed by atoms with Crippen molar-refractivity contribution in [2.45, 2.75) is 33.6 Å². The summed E-state index contributed by atoms with van der Waals surface area (Å²) < 4.78 is 1.67. The summed E-state index contributed by atoms with van der Waals surface area (Å²) in [5.74, 6) is -0.793. The first-order chi connectivity index (χ1) is 8.91. The number of nitrogens with zero attached hydrogens (tertiary/aromatic N) is 4. The van der Waals surface area contributed by atoms with Crippen LogP contribution in [0.1, 0.15) is 35.5 Å². The van der Waals surface area contributed by atoms with Crippen LogP contribution in [0.15, 0.2) is 12.4 Å². The monoisotopic (exact) mass is 260 g/mol. The summed E-state index contributed by atoms with van der Waals surface area (Å²) in [6.45, 7) is 7.20. The van der Waals surface area contributed by atoms with Crippen molar-refractivity contribution in [3.8, 4) is 5.82 Å². The molecule has 100 valence electrons. The Balaban J connectivity index is 2.56. The average molecular weight is 260 g/mol. The van der Waals surface area contributed by atoms with Gasteiger partial charge in [0.2, 0.25) is 0 Å². The third kappa shape index (κ3) is 2.33. The van der Waals surface area contributed by atoms with Crippen LogP contribution < -0.4 is 0 Å². The molecule has 0 amide bonds. The van der Waals surface area contributed by atoms with E-state index in [0.717, 1.165) is 17.0 Å². The number of hydrogen-bond acceptors (Lipinski definition) is 4. The molecule has 2 rings (SSSR count). The van der Waals surface area contributed by atoms with Crippen LogP contribution in [0.3, 0.4) is 0 Å². The van der Waals surface area contributed by atoms with Gasteiger partial charge in [-0.2, -0.15) is 5.10 Å². The quantitative estimate of drug-likeness (QED) is 0.909. The predicted molar refractivity (Wildman–Crippen MR) is 69.4 cm³/mol. The number of rotatable bonds is 3. The lowest BCUT2D eigenvalue weighted by Gasteiger charge is -2.08. The second-order valence-electron chi connectivity index (χ2n) is 4.57. The largest absolute Gasteiger partial charge is 0.481 e. The smallest absolute Gasteiger partial charge is 0.310 e. The third-order valence-corrected chi connectivity index (χ3v) is 3.16. The molecular formula is C13H16N4O2. The molecule has 1 N–H and O–H groups in total. The van der Waals surface area contributed by atoms with Crippen molar-refractivity contribution in [3.05, 3.63) is 35.0 Å². The topological polar surface area (TPSA) is 80.9 Å². The summed E-state index contributed by atoms with van der Waals surface area (Å²) in [5.41, 5.74) is 3.09. The summed E-state index contributed by atoms with van der Waals surface area (Å²) in [7, 11) is 0. The van der Waals surface area contributed by atoms with E-state index in [4.69, 9.17) is 5.11 Å². The second kappa shape index (κ2) is 4.79. The molecule has 0 spiro atoms. The highest BCUT2D eigenvalue weighted by Gasteiger charge is 2.23. The lowest BCUT2D eigenvalue weighted by atomic mass is 9.99. The Morgan fingerprint density at radius 2 is 2.00 bits per heavy atom. The van der Waals surface area contributed by atoms with Crippen LogP contribution in [0.4, 0.5) is 0 Å². The van der Waals surface area contributed by atoms with Crippen LogP contribution in [0, 0.1) is 20.8 Å². The molecule has 6 nitrogen and oxygen atoms in total. The Morgan fingerprint density at radius 3 is 2.58 bits per heavy atom. The fourth-order valence-corrected chi connectivity index (χ4v) is 2.18. The first kappa shape index (κ1) is 13.2. The van der Waals surface area contributed by atoms with Crippen LogP contribution in [-0.2, 0) is 4.79 Å². The Bertz CT molecular complexity index is 634. The van der Waals surface area contributed by atoms with Crippen molar-refractivity contribution in [1.29, 1.82) is 0 Å². The first-order valence-electron chi connectivity index (χ1n) is 5.99. The van der Waals surface area contributed by atoms with Crippen molar-refractivity contribution >= 4 is 5.97 Å². The molecule has 0 fully saturated rings. The van der Waals surface area contributed by atoms with Gasteiger partial charge in [0, 0.05) is 23.0 Å². The van der Waals surface area contributed by atoms with Gasteiger partial charge in [-0.05, 0) is 27.7 Å². The zero-order valence-corrected chi connectivity index (χ0v) is 11.4. The van der Waals surface area contributed by atoms with E-state index in [0.29, 0.717) is 11.5 Å². The summed E-state index contributed by atoms with van der Waals surface area (Å²) >= 11 is 0. The van der Waals surface area contributed by atoms with E-state index in [-0.39, 0.29) is 0 Å². The summed E-state index contributed by atoms with van der Waals surface area (Å²) in [4.78, 5) is 19.4. The number of hydrogen-bond donors (Lipinski definition) is 1. The van der Waals surface area contributed by atoms with Gasteiger partial charge in [-0.15, -0.1) is 0 Å². The summed E-state index contributed by atoms with van der Waals surface area (Å²) in [6.07, 6.45) is 1.47. The van der Waals surface area contributed by atoms with Gasteiger partial charge in [0.1, 0.15) is 6.33 Å². The normalized spacial score (nSPS) is 12.4. The maximum atomic E-state index is 11.1. The number of carboxylic acids is 1. The minimum atomic E-state index is -0.857. The van der Waals surface area contributed by atoms with Crippen LogP contribution in [-0.4, -0.2) is 30.8 Å². The van der Waals surface area contributed by atoms with E-state index < -0.39 is 11.9 Å². The van der Waals surface area contributed by atoms with Crippen molar-refractivity contribution in [2.24, 2.45) is 0 Å². The van der Waals surface area contributed by atoms with Gasteiger partial charge >= 0.3 is 5.97 Å². The van der Waals surface area contributed by atoms with Gasteiger partial charge in [-0.25, -0.2) is 14.6 Å². The molecule has 0 radical (unpaired) electrons. The highest BCUT2D eigenvalue weighted by molar-refractivity contribution is 5.76. The van der Waals surface area contributed by atoms with Crippen LogP contribution in [0.2, 0.25) is 0 Å². The van der Waals surface area contributed by atoms with Crippen molar-refractivity contribution < 1.29 is 9.90 Å². The molecule has 2 aromatic heterocycles. The third-order valence-electron chi connectivity index (χ3n) is 3.16. The van der Waals surface area contributed by atoms with E-state index in [1.165, 1.54) is 6.33 Å². The van der Waals surface area contributed by atoms with Gasteiger partial charge in [-0.3, -0.25) is 4.79 Å². The van der Waals surface area contributed by atoms with E-state index in [1.807, 2.05) is 26.8 Å². The van der Waals surface area contributed by atoms with Gasteiger partial charge in [0.15, 0.2) is 5.82 Å². The molecule has 0 saturated heterocycles. The molecule has 0 aliphatic heterocycles. The molecule has 0 saturated carbocycles. The van der Waals surface area contributed by atoms with E-state index in [2.05, 4.69) is 15.1 Å². The van der Waals surface area contributed by atoms with Crippen molar-refractivity contribution in [1.82, 2.24) is 19.7 Å². The molecule has 2 aromatic rings. The van der Waals surface area contributed by atoms with Crippen LogP contribution >= 0.6 is 0 Å².